The lowest BCUT2D eigenvalue weighted by Crippen LogP contribution is -2.42. The molecule has 0 radical (unpaired) electrons. The highest BCUT2D eigenvalue weighted by atomic mass is 16.2. The molecule has 0 fully saturated rings. The van der Waals surface area contributed by atoms with Crippen LogP contribution in [-0.4, -0.2) is 17.3 Å². The van der Waals surface area contributed by atoms with Crippen molar-refractivity contribution in [1.29, 1.82) is 0 Å². The molecule has 2 rings (SSSR count). The van der Waals surface area contributed by atoms with Gasteiger partial charge in [-0.1, -0.05) is 24.3 Å². The third kappa shape index (κ3) is 3.16. The van der Waals surface area contributed by atoms with Gasteiger partial charge in [0.25, 0.3) is 0 Å². The van der Waals surface area contributed by atoms with Gasteiger partial charge in [0.1, 0.15) is 0 Å². The Balaban J connectivity index is 2.18. The van der Waals surface area contributed by atoms with Crippen molar-refractivity contribution >= 4 is 5.69 Å². The summed E-state index contributed by atoms with van der Waals surface area (Å²) < 4.78 is 0. The Morgan fingerprint density at radius 3 is 2.63 bits per heavy atom. The first-order valence-corrected chi connectivity index (χ1v) is 6.44. The van der Waals surface area contributed by atoms with Gasteiger partial charge in [-0.2, -0.15) is 0 Å². The molecular formula is C15H21N3O. The molecule has 1 atom stereocenters. The van der Waals surface area contributed by atoms with Gasteiger partial charge in [0.05, 0.1) is 0 Å². The molecule has 1 aliphatic rings. The normalized spacial score (nSPS) is 22.8. The van der Waals surface area contributed by atoms with Crippen molar-refractivity contribution in [2.24, 2.45) is 11.5 Å². The Morgan fingerprint density at radius 1 is 1.21 bits per heavy atom. The molecule has 1 aliphatic carbocycles. The van der Waals surface area contributed by atoms with Crippen molar-refractivity contribution in [3.8, 4) is 0 Å². The van der Waals surface area contributed by atoms with Crippen molar-refractivity contribution in [2.75, 3.05) is 12.3 Å². The highest BCUT2D eigenvalue weighted by Gasteiger charge is 2.28. The lowest BCUT2D eigenvalue weighted by Gasteiger charge is -2.31. The van der Waals surface area contributed by atoms with Crippen LogP contribution in [0.5, 0.6) is 0 Å². The lowest BCUT2D eigenvalue weighted by atomic mass is 9.80. The van der Waals surface area contributed by atoms with Crippen LogP contribution in [0.1, 0.15) is 18.4 Å². The number of rotatable bonds is 4. The summed E-state index contributed by atoms with van der Waals surface area (Å²) in [6.45, 7) is 0.0907. The topological polar surface area (TPSA) is 98.3 Å². The van der Waals surface area contributed by atoms with E-state index in [1.165, 1.54) is 0 Å². The minimum Gasteiger partial charge on any atom is -0.399 e. The first kappa shape index (κ1) is 13.6. The predicted molar refractivity (Wildman–Crippen MR) is 78.2 cm³/mol. The van der Waals surface area contributed by atoms with Gasteiger partial charge in [-0.3, -0.25) is 0 Å². The van der Waals surface area contributed by atoms with E-state index in [1.807, 2.05) is 36.4 Å². The summed E-state index contributed by atoms with van der Waals surface area (Å²) in [5.74, 6) is 0. The number of nitrogen functional groups attached to an aromatic ring is 1. The van der Waals surface area contributed by atoms with E-state index in [4.69, 9.17) is 22.3 Å². The fraction of sp³-hybridized carbons (Fsp3) is 0.333. The van der Waals surface area contributed by atoms with Gasteiger partial charge in [-0.25, -0.2) is 0 Å². The maximum absolute atomic E-state index is 9.07. The standard InChI is InChI=1S/C15H21N3O/c16-13-4-2-1-3-11(13)9-15(18)7-5-14(17)12(10-15)6-8-19/h1-5,7,19H,6,8-10,16-18H2. The molecule has 7 N–H and O–H groups in total. The molecule has 0 aliphatic heterocycles. The Labute approximate surface area is 113 Å². The number of aliphatic hydroxyl groups is 1. The first-order valence-electron chi connectivity index (χ1n) is 6.44. The molecule has 0 spiro atoms. The van der Waals surface area contributed by atoms with Gasteiger partial charge in [0.2, 0.25) is 0 Å². The number of hydrogen-bond donors (Lipinski definition) is 4. The number of anilines is 1. The Morgan fingerprint density at radius 2 is 1.95 bits per heavy atom. The highest BCUT2D eigenvalue weighted by Crippen LogP contribution is 2.29. The summed E-state index contributed by atoms with van der Waals surface area (Å²) in [5, 5.41) is 9.07. The molecule has 0 heterocycles. The monoisotopic (exact) mass is 259 g/mol. The number of nitrogens with two attached hydrogens (primary N) is 3. The van der Waals surface area contributed by atoms with E-state index in [-0.39, 0.29) is 6.61 Å². The van der Waals surface area contributed by atoms with Gasteiger partial charge in [0, 0.05) is 23.5 Å². The Hall–Kier alpha value is -1.78. The van der Waals surface area contributed by atoms with Crippen molar-refractivity contribution in [1.82, 2.24) is 0 Å². The van der Waals surface area contributed by atoms with Crippen molar-refractivity contribution in [3.63, 3.8) is 0 Å². The highest BCUT2D eigenvalue weighted by molar-refractivity contribution is 5.48. The molecule has 0 aromatic heterocycles. The zero-order valence-corrected chi connectivity index (χ0v) is 11.0. The fourth-order valence-electron chi connectivity index (χ4n) is 2.47. The van der Waals surface area contributed by atoms with Crippen LogP contribution in [0.2, 0.25) is 0 Å². The van der Waals surface area contributed by atoms with Gasteiger partial charge >= 0.3 is 0 Å². The second-order valence-electron chi connectivity index (χ2n) is 5.15. The van der Waals surface area contributed by atoms with Crippen LogP contribution in [0, 0.1) is 0 Å². The van der Waals surface area contributed by atoms with Gasteiger partial charge in [-0.15, -0.1) is 0 Å². The molecule has 1 aromatic carbocycles. The molecule has 19 heavy (non-hydrogen) atoms. The van der Waals surface area contributed by atoms with E-state index in [0.29, 0.717) is 19.3 Å². The summed E-state index contributed by atoms with van der Waals surface area (Å²) in [6, 6.07) is 7.74. The van der Waals surface area contributed by atoms with Gasteiger partial charge < -0.3 is 22.3 Å². The lowest BCUT2D eigenvalue weighted by molar-refractivity contribution is 0.295. The zero-order chi connectivity index (χ0) is 13.9. The number of hydrogen-bond acceptors (Lipinski definition) is 4. The summed E-state index contributed by atoms with van der Waals surface area (Å²) in [4.78, 5) is 0. The second-order valence-corrected chi connectivity index (χ2v) is 5.15. The predicted octanol–water partition coefficient (Wildman–Crippen LogP) is 1.06. The van der Waals surface area contributed by atoms with Crippen LogP contribution in [0.4, 0.5) is 5.69 Å². The zero-order valence-electron chi connectivity index (χ0n) is 11.0. The minimum atomic E-state index is -0.483. The summed E-state index contributed by atoms with van der Waals surface area (Å²) in [6.07, 6.45) is 5.67. The first-order chi connectivity index (χ1) is 9.04. The van der Waals surface area contributed by atoms with E-state index in [1.54, 1.807) is 0 Å². The number of aliphatic hydroxyl groups excluding tert-OH is 1. The van der Waals surface area contributed by atoms with Crippen LogP contribution in [0.25, 0.3) is 0 Å². The SMILES string of the molecule is NC1=C(CCO)CC(N)(Cc2ccccc2N)C=C1. The quantitative estimate of drug-likeness (QED) is 0.608. The molecule has 4 nitrogen and oxygen atoms in total. The summed E-state index contributed by atoms with van der Waals surface area (Å²) in [5.41, 5.74) is 21.3. The van der Waals surface area contributed by atoms with Crippen molar-refractivity contribution in [3.05, 3.63) is 53.3 Å². The maximum atomic E-state index is 9.07. The number of para-hydroxylation sites is 1. The molecule has 0 saturated carbocycles. The van der Waals surface area contributed by atoms with Gasteiger partial charge in [0.15, 0.2) is 0 Å². The van der Waals surface area contributed by atoms with Crippen LogP contribution >= 0.6 is 0 Å². The van der Waals surface area contributed by atoms with E-state index in [0.717, 1.165) is 22.5 Å². The van der Waals surface area contributed by atoms with Crippen LogP contribution in [-0.2, 0) is 6.42 Å². The second kappa shape index (κ2) is 5.47. The number of allylic oxidation sites excluding steroid dienone is 1. The van der Waals surface area contributed by atoms with E-state index in [2.05, 4.69) is 0 Å². The summed E-state index contributed by atoms with van der Waals surface area (Å²) >= 11 is 0. The molecule has 0 amide bonds. The average Bonchev–Trinajstić information content (AvgIpc) is 2.37. The molecule has 4 heteroatoms. The third-order valence-electron chi connectivity index (χ3n) is 3.53. The van der Waals surface area contributed by atoms with Crippen LogP contribution in [0.15, 0.2) is 47.7 Å². The molecule has 0 bridgehead atoms. The van der Waals surface area contributed by atoms with Crippen LogP contribution < -0.4 is 17.2 Å². The van der Waals surface area contributed by atoms with Gasteiger partial charge in [-0.05, 0) is 42.5 Å². The minimum absolute atomic E-state index is 0.0907. The van der Waals surface area contributed by atoms with Crippen molar-refractivity contribution in [2.45, 2.75) is 24.8 Å². The van der Waals surface area contributed by atoms with Crippen molar-refractivity contribution < 1.29 is 5.11 Å². The molecule has 1 unspecified atom stereocenters. The molecule has 0 saturated heterocycles. The smallest absolute Gasteiger partial charge is 0.0469 e. The largest absolute Gasteiger partial charge is 0.399 e. The Kier molecular flexibility index (Phi) is 3.93. The molecule has 102 valence electrons. The number of benzene rings is 1. The van der Waals surface area contributed by atoms with Crippen LogP contribution in [0.3, 0.4) is 0 Å². The fourth-order valence-corrected chi connectivity index (χ4v) is 2.47. The molecular weight excluding hydrogens is 238 g/mol. The average molecular weight is 259 g/mol. The third-order valence-corrected chi connectivity index (χ3v) is 3.53. The summed E-state index contributed by atoms with van der Waals surface area (Å²) in [7, 11) is 0. The maximum Gasteiger partial charge on any atom is 0.0469 e. The molecule has 1 aromatic rings. The Bertz CT molecular complexity index is 522. The van der Waals surface area contributed by atoms with E-state index >= 15 is 0 Å². The van der Waals surface area contributed by atoms with E-state index in [9.17, 15) is 0 Å². The van der Waals surface area contributed by atoms with E-state index < -0.39 is 5.54 Å².